The number of aromatic nitrogens is 4. The second-order valence-corrected chi connectivity index (χ2v) is 14.5. The van der Waals surface area contributed by atoms with Crippen LogP contribution in [0.25, 0.3) is 22.4 Å². The molecule has 8 rings (SSSR count). The molecule has 4 fully saturated rings. The molecule has 4 aliphatic rings. The van der Waals surface area contributed by atoms with Gasteiger partial charge in [-0.15, -0.1) is 0 Å². The number of halogens is 3. The van der Waals surface area contributed by atoms with Crippen molar-refractivity contribution in [1.29, 1.82) is 0 Å². The summed E-state index contributed by atoms with van der Waals surface area (Å²) in [6.07, 6.45) is 5.08. The van der Waals surface area contributed by atoms with Crippen molar-refractivity contribution in [2.75, 3.05) is 25.0 Å². The number of fused-ring (bicyclic) bond motifs is 3. The number of nitrogens with one attached hydrogen (secondary N) is 2. The smallest absolute Gasteiger partial charge is 0.261 e. The van der Waals surface area contributed by atoms with E-state index >= 15 is 0 Å². The molecular weight excluding hydrogens is 634 g/mol. The first-order valence-corrected chi connectivity index (χ1v) is 17.1. The van der Waals surface area contributed by atoms with E-state index in [4.69, 9.17) is 21.6 Å². The lowest BCUT2D eigenvalue weighted by molar-refractivity contribution is -0.108. The molecule has 0 amide bonds. The Morgan fingerprint density at radius 2 is 1.98 bits per heavy atom. The van der Waals surface area contributed by atoms with E-state index in [1.54, 1.807) is 29.2 Å². The number of aryl methyl sites for hydroxylation is 1. The highest BCUT2D eigenvalue weighted by Gasteiger charge is 2.56. The summed E-state index contributed by atoms with van der Waals surface area (Å²) in [5.41, 5.74) is 2.82. The minimum Gasteiger partial charge on any atom is -0.340 e. The predicted octanol–water partition coefficient (Wildman–Crippen LogP) is 6.13. The van der Waals surface area contributed by atoms with Gasteiger partial charge in [-0.3, -0.25) is 14.3 Å². The third-order valence-electron chi connectivity index (χ3n) is 11.0. The van der Waals surface area contributed by atoms with E-state index in [0.717, 1.165) is 12.0 Å². The summed E-state index contributed by atoms with van der Waals surface area (Å²) >= 11 is 6.08. The van der Waals surface area contributed by atoms with Crippen LogP contribution in [0, 0.1) is 23.2 Å². The van der Waals surface area contributed by atoms with Gasteiger partial charge in [-0.05, 0) is 78.3 Å². The van der Waals surface area contributed by atoms with Gasteiger partial charge in [-0.2, -0.15) is 0 Å². The van der Waals surface area contributed by atoms with Crippen LogP contribution < -0.4 is 16.2 Å². The van der Waals surface area contributed by atoms with Crippen molar-refractivity contribution >= 4 is 34.2 Å². The van der Waals surface area contributed by atoms with Gasteiger partial charge in [-0.25, -0.2) is 23.7 Å². The number of hydrogen-bond donors (Lipinski definition) is 2. The first kappa shape index (κ1) is 32.6. The highest BCUT2D eigenvalue weighted by Crippen LogP contribution is 2.61. The van der Waals surface area contributed by atoms with Gasteiger partial charge in [0.1, 0.15) is 5.69 Å². The molecule has 4 aromatic rings. The van der Waals surface area contributed by atoms with E-state index < -0.39 is 12.5 Å². The molecule has 5 atom stereocenters. The standard InChI is InChI=1S/C36H41ClF2N8O/c1-21-27-16-23(36(27,2)3)17-28(21)45-35(46-15-13-42-31(20-46)32(38)39)43-25-8-9-26-29(18-25)44-33(30-19-40-11-12-41-30)47(34(26)48)14-10-22-4-6-24(37)7-5-22/h4-9,11-12,18-19,21,23,27-28,31-32,42H,10,13-17,20H2,1-3H3,(H,43,45)/t21-,23+,27-,28?,31+/m0/s1. The Bertz CT molecular complexity index is 1870. The average molecular weight is 675 g/mol. The number of rotatable bonds is 7. The number of benzene rings is 2. The summed E-state index contributed by atoms with van der Waals surface area (Å²) in [4.78, 5) is 34.8. The lowest BCUT2D eigenvalue weighted by atomic mass is 9.45. The van der Waals surface area contributed by atoms with Crippen LogP contribution in [-0.4, -0.2) is 68.5 Å². The van der Waals surface area contributed by atoms with Crippen LogP contribution in [0.3, 0.4) is 0 Å². The molecule has 1 saturated heterocycles. The van der Waals surface area contributed by atoms with Crippen molar-refractivity contribution in [1.82, 2.24) is 29.7 Å². The number of piperazine rings is 1. The Morgan fingerprint density at radius 3 is 2.69 bits per heavy atom. The SMILES string of the molecule is C[C@@H]1C(/N=C(/Nc2ccc3c(=O)n(CCc4ccc(Cl)cc4)c(-c4cnccn4)nc3c2)N2CCN[C@@H](C(F)F)C2)C[C@H]2C[C@@H]1C2(C)C. The van der Waals surface area contributed by atoms with Crippen molar-refractivity contribution in [2.24, 2.45) is 28.2 Å². The fourth-order valence-electron chi connectivity index (χ4n) is 7.92. The Kier molecular flexibility index (Phi) is 8.93. The summed E-state index contributed by atoms with van der Waals surface area (Å²) in [5, 5.41) is 7.54. The third-order valence-corrected chi connectivity index (χ3v) is 11.2. The summed E-state index contributed by atoms with van der Waals surface area (Å²) in [6.45, 7) is 8.50. The van der Waals surface area contributed by atoms with E-state index in [2.05, 4.69) is 41.4 Å². The van der Waals surface area contributed by atoms with Crippen LogP contribution in [-0.2, 0) is 13.0 Å². The topological polar surface area (TPSA) is 100 Å². The molecule has 0 spiro atoms. The molecule has 9 nitrogen and oxygen atoms in total. The number of alkyl halides is 2. The van der Waals surface area contributed by atoms with Crippen LogP contribution in [0.2, 0.25) is 5.02 Å². The maximum atomic E-state index is 14.0. The summed E-state index contributed by atoms with van der Waals surface area (Å²) < 4.78 is 29.3. The number of hydrogen-bond acceptors (Lipinski definition) is 6. The van der Waals surface area contributed by atoms with E-state index in [0.29, 0.717) is 88.3 Å². The van der Waals surface area contributed by atoms with Gasteiger partial charge in [0, 0.05) is 49.3 Å². The molecular formula is C36H41ClF2N8O. The highest BCUT2D eigenvalue weighted by molar-refractivity contribution is 6.30. The minimum absolute atomic E-state index is 0.0962. The number of nitrogens with zero attached hydrogens (tertiary/aromatic N) is 6. The van der Waals surface area contributed by atoms with Crippen LogP contribution in [0.5, 0.6) is 0 Å². The average Bonchev–Trinajstić information content (AvgIpc) is 3.09. The van der Waals surface area contributed by atoms with Gasteiger partial charge < -0.3 is 15.5 Å². The fraction of sp³-hybridized carbons (Fsp3) is 0.472. The quantitative estimate of drug-likeness (QED) is 0.180. The molecule has 3 heterocycles. The zero-order valence-electron chi connectivity index (χ0n) is 27.4. The van der Waals surface area contributed by atoms with Crippen LogP contribution >= 0.6 is 11.6 Å². The van der Waals surface area contributed by atoms with Crippen molar-refractivity contribution < 1.29 is 8.78 Å². The summed E-state index contributed by atoms with van der Waals surface area (Å²) in [6, 6.07) is 12.1. The Labute approximate surface area is 283 Å². The van der Waals surface area contributed by atoms with Gasteiger partial charge in [0.15, 0.2) is 11.8 Å². The van der Waals surface area contributed by atoms with Gasteiger partial charge in [-0.1, -0.05) is 44.5 Å². The zero-order valence-corrected chi connectivity index (χ0v) is 28.2. The fourth-order valence-corrected chi connectivity index (χ4v) is 8.05. The summed E-state index contributed by atoms with van der Waals surface area (Å²) in [7, 11) is 0. The molecule has 3 saturated carbocycles. The van der Waals surface area contributed by atoms with Gasteiger partial charge in [0.05, 0.1) is 29.2 Å². The molecule has 0 radical (unpaired) electrons. The maximum absolute atomic E-state index is 14.0. The van der Waals surface area contributed by atoms with Gasteiger partial charge >= 0.3 is 0 Å². The molecule has 2 aromatic carbocycles. The van der Waals surface area contributed by atoms with E-state index in [1.165, 1.54) is 6.42 Å². The maximum Gasteiger partial charge on any atom is 0.261 e. The van der Waals surface area contributed by atoms with Gasteiger partial charge in [0.2, 0.25) is 0 Å². The van der Waals surface area contributed by atoms with Crippen molar-refractivity contribution in [2.45, 2.75) is 65.1 Å². The lowest BCUT2D eigenvalue weighted by Gasteiger charge is -2.61. The lowest BCUT2D eigenvalue weighted by Crippen LogP contribution is -2.58. The van der Waals surface area contributed by atoms with Crippen LogP contribution in [0.4, 0.5) is 14.5 Å². The third kappa shape index (κ3) is 6.30. The largest absolute Gasteiger partial charge is 0.340 e. The van der Waals surface area contributed by atoms with Crippen molar-refractivity contribution in [3.8, 4) is 11.5 Å². The molecule has 3 aliphatic carbocycles. The van der Waals surface area contributed by atoms with Gasteiger partial charge in [0.25, 0.3) is 12.0 Å². The first-order valence-electron chi connectivity index (χ1n) is 16.7. The van der Waals surface area contributed by atoms with E-state index in [-0.39, 0.29) is 18.1 Å². The van der Waals surface area contributed by atoms with E-state index in [9.17, 15) is 13.6 Å². The molecule has 1 aliphatic heterocycles. The molecule has 252 valence electrons. The number of anilines is 1. The Balaban J connectivity index is 1.23. The van der Waals surface area contributed by atoms with E-state index in [1.807, 2.05) is 41.3 Å². The Hall–Kier alpha value is -3.96. The highest BCUT2D eigenvalue weighted by atomic mass is 35.5. The van der Waals surface area contributed by atoms with Crippen LogP contribution in [0.15, 0.2) is 70.8 Å². The second kappa shape index (κ2) is 13.2. The van der Waals surface area contributed by atoms with Crippen LogP contribution in [0.1, 0.15) is 39.2 Å². The molecule has 48 heavy (non-hydrogen) atoms. The van der Waals surface area contributed by atoms with Crippen molar-refractivity contribution in [3.05, 3.63) is 82.0 Å². The number of aliphatic imine (C=N–C) groups is 1. The normalized spacial score (nSPS) is 25.3. The number of guanidine groups is 1. The Morgan fingerprint density at radius 1 is 1.17 bits per heavy atom. The first-order chi connectivity index (χ1) is 23.1. The monoisotopic (exact) mass is 674 g/mol. The minimum atomic E-state index is -2.48. The molecule has 1 unspecified atom stereocenters. The molecule has 2 N–H and O–H groups in total. The second-order valence-electron chi connectivity index (χ2n) is 14.0. The molecule has 2 bridgehead atoms. The zero-order chi connectivity index (χ0) is 33.6. The molecule has 2 aromatic heterocycles. The predicted molar refractivity (Wildman–Crippen MR) is 186 cm³/mol. The summed E-state index contributed by atoms with van der Waals surface area (Å²) in [5.74, 6) is 2.59. The van der Waals surface area contributed by atoms with Crippen molar-refractivity contribution in [3.63, 3.8) is 0 Å². The molecule has 12 heteroatoms.